The average molecular weight is 184 g/mol. The Balaban J connectivity index is 3.29. The number of phenolic OH excluding ortho intramolecular Hbond substituents is 1. The third kappa shape index (κ3) is 1.98. The Morgan fingerprint density at radius 2 is 2.00 bits per heavy atom. The number of hydrogen-bond acceptors (Lipinski definition) is 3. The number of nitrogens with two attached hydrogens (primary N) is 3. The molecular formula is C7H9FN4O. The molecule has 1 aromatic rings. The molecule has 70 valence electrons. The van der Waals surface area contributed by atoms with Gasteiger partial charge in [-0.25, -0.2) is 9.38 Å². The summed E-state index contributed by atoms with van der Waals surface area (Å²) in [5.41, 5.74) is 15.4. The average Bonchev–Trinajstić information content (AvgIpc) is 1.96. The number of guanidine groups is 1. The minimum Gasteiger partial charge on any atom is -0.505 e. The maximum Gasteiger partial charge on any atom is 0.191 e. The van der Waals surface area contributed by atoms with Crippen molar-refractivity contribution in [2.24, 2.45) is 16.5 Å². The second-order valence-electron chi connectivity index (χ2n) is 2.40. The smallest absolute Gasteiger partial charge is 0.191 e. The highest BCUT2D eigenvalue weighted by atomic mass is 19.1. The number of benzene rings is 1. The van der Waals surface area contributed by atoms with Gasteiger partial charge in [-0.2, -0.15) is 0 Å². The first-order valence-corrected chi connectivity index (χ1v) is 3.38. The summed E-state index contributed by atoms with van der Waals surface area (Å²) in [7, 11) is 0. The van der Waals surface area contributed by atoms with Crippen molar-refractivity contribution in [3.8, 4) is 5.75 Å². The van der Waals surface area contributed by atoms with Crippen LogP contribution < -0.4 is 17.2 Å². The predicted octanol–water partition coefficient (Wildman–Crippen LogP) is 0.0184. The second-order valence-corrected chi connectivity index (χ2v) is 2.40. The van der Waals surface area contributed by atoms with Gasteiger partial charge in [0.15, 0.2) is 5.96 Å². The number of nitrogen functional groups attached to an aromatic ring is 1. The van der Waals surface area contributed by atoms with E-state index in [1.807, 2.05) is 0 Å². The number of anilines is 1. The zero-order valence-electron chi connectivity index (χ0n) is 6.66. The Labute approximate surface area is 73.7 Å². The van der Waals surface area contributed by atoms with E-state index < -0.39 is 11.6 Å². The van der Waals surface area contributed by atoms with Crippen molar-refractivity contribution in [1.82, 2.24) is 0 Å². The van der Waals surface area contributed by atoms with E-state index in [1.54, 1.807) is 0 Å². The van der Waals surface area contributed by atoms with Gasteiger partial charge < -0.3 is 22.3 Å². The Morgan fingerprint density at radius 3 is 2.46 bits per heavy atom. The van der Waals surface area contributed by atoms with E-state index in [4.69, 9.17) is 17.2 Å². The van der Waals surface area contributed by atoms with Gasteiger partial charge in [0, 0.05) is 6.07 Å². The molecule has 0 unspecified atom stereocenters. The summed E-state index contributed by atoms with van der Waals surface area (Å²) in [5, 5.41) is 9.18. The minimum absolute atomic E-state index is 0.0223. The largest absolute Gasteiger partial charge is 0.505 e. The number of nitrogens with zero attached hydrogens (tertiary/aromatic N) is 1. The first-order valence-electron chi connectivity index (χ1n) is 3.38. The molecule has 7 N–H and O–H groups in total. The molecule has 0 aliphatic carbocycles. The maximum atomic E-state index is 12.6. The van der Waals surface area contributed by atoms with Crippen LogP contribution in [0.15, 0.2) is 17.1 Å². The van der Waals surface area contributed by atoms with Gasteiger partial charge in [-0.3, -0.25) is 0 Å². The van der Waals surface area contributed by atoms with Crippen LogP contribution in [-0.4, -0.2) is 11.1 Å². The Bertz CT molecular complexity index is 337. The SMILES string of the molecule is NC(N)=Nc1c(N)cc(F)cc1O. The number of rotatable bonds is 1. The van der Waals surface area contributed by atoms with Crippen molar-refractivity contribution >= 4 is 17.3 Å². The number of halogens is 1. The summed E-state index contributed by atoms with van der Waals surface area (Å²) in [6.07, 6.45) is 0. The number of phenols is 1. The van der Waals surface area contributed by atoms with Crippen molar-refractivity contribution in [2.45, 2.75) is 0 Å². The molecule has 0 amide bonds. The quantitative estimate of drug-likeness (QED) is 0.280. The van der Waals surface area contributed by atoms with Crippen molar-refractivity contribution in [1.29, 1.82) is 0 Å². The fourth-order valence-corrected chi connectivity index (χ4v) is 0.856. The van der Waals surface area contributed by atoms with Crippen molar-refractivity contribution < 1.29 is 9.50 Å². The van der Waals surface area contributed by atoms with E-state index in [9.17, 15) is 9.50 Å². The standard InChI is InChI=1S/C7H9FN4O/c8-3-1-4(9)6(5(13)2-3)12-7(10)11/h1-2,13H,9H2,(H4,10,11,12). The Hall–Kier alpha value is -1.98. The fraction of sp³-hybridized carbons (Fsp3) is 0. The lowest BCUT2D eigenvalue weighted by Gasteiger charge is -2.03. The molecule has 0 aromatic heterocycles. The highest BCUT2D eigenvalue weighted by molar-refractivity contribution is 5.83. The number of aromatic hydroxyl groups is 1. The highest BCUT2D eigenvalue weighted by Crippen LogP contribution is 2.33. The van der Waals surface area contributed by atoms with Crippen LogP contribution in [0.1, 0.15) is 0 Å². The molecule has 0 saturated carbocycles. The van der Waals surface area contributed by atoms with E-state index in [-0.39, 0.29) is 17.3 Å². The summed E-state index contributed by atoms with van der Waals surface area (Å²) in [4.78, 5) is 3.53. The van der Waals surface area contributed by atoms with Crippen LogP contribution in [0.2, 0.25) is 0 Å². The molecular weight excluding hydrogens is 175 g/mol. The maximum absolute atomic E-state index is 12.6. The van der Waals surface area contributed by atoms with E-state index in [0.717, 1.165) is 12.1 Å². The molecule has 0 atom stereocenters. The molecule has 6 heteroatoms. The van der Waals surface area contributed by atoms with Crippen molar-refractivity contribution in [2.75, 3.05) is 5.73 Å². The third-order valence-electron chi connectivity index (χ3n) is 1.32. The number of hydrogen-bond donors (Lipinski definition) is 4. The van der Waals surface area contributed by atoms with E-state index in [0.29, 0.717) is 0 Å². The van der Waals surface area contributed by atoms with Gasteiger partial charge in [0.05, 0.1) is 5.69 Å². The first-order chi connectivity index (χ1) is 6.00. The van der Waals surface area contributed by atoms with E-state index in [1.165, 1.54) is 0 Å². The fourth-order valence-electron chi connectivity index (χ4n) is 0.856. The minimum atomic E-state index is -0.649. The molecule has 13 heavy (non-hydrogen) atoms. The van der Waals surface area contributed by atoms with Gasteiger partial charge in [0.2, 0.25) is 0 Å². The second kappa shape index (κ2) is 3.18. The van der Waals surface area contributed by atoms with Gasteiger partial charge in [-0.15, -0.1) is 0 Å². The summed E-state index contributed by atoms with van der Waals surface area (Å²) < 4.78 is 12.6. The Kier molecular flexibility index (Phi) is 2.23. The van der Waals surface area contributed by atoms with Gasteiger partial charge in [-0.05, 0) is 6.07 Å². The van der Waals surface area contributed by atoms with E-state index >= 15 is 0 Å². The lowest BCUT2D eigenvalue weighted by atomic mass is 10.2. The zero-order chi connectivity index (χ0) is 10.0. The van der Waals surface area contributed by atoms with Crippen LogP contribution >= 0.6 is 0 Å². The normalized spacial score (nSPS) is 9.62. The monoisotopic (exact) mass is 184 g/mol. The van der Waals surface area contributed by atoms with Crippen LogP contribution in [0, 0.1) is 5.82 Å². The molecule has 0 bridgehead atoms. The van der Waals surface area contributed by atoms with E-state index in [2.05, 4.69) is 4.99 Å². The van der Waals surface area contributed by atoms with Crippen LogP contribution in [-0.2, 0) is 0 Å². The first kappa shape index (κ1) is 9.11. The molecule has 0 fully saturated rings. The highest BCUT2D eigenvalue weighted by Gasteiger charge is 2.07. The molecule has 0 heterocycles. The van der Waals surface area contributed by atoms with Crippen molar-refractivity contribution in [3.63, 3.8) is 0 Å². The summed E-state index contributed by atoms with van der Waals surface area (Å²) in [5.74, 6) is -1.30. The van der Waals surface area contributed by atoms with Gasteiger partial charge in [0.25, 0.3) is 0 Å². The van der Waals surface area contributed by atoms with Crippen LogP contribution in [0.4, 0.5) is 15.8 Å². The summed E-state index contributed by atoms with van der Waals surface area (Å²) in [6, 6.07) is 1.89. The van der Waals surface area contributed by atoms with Crippen LogP contribution in [0.25, 0.3) is 0 Å². The zero-order valence-corrected chi connectivity index (χ0v) is 6.66. The lowest BCUT2D eigenvalue weighted by Crippen LogP contribution is -2.22. The third-order valence-corrected chi connectivity index (χ3v) is 1.32. The molecule has 0 saturated heterocycles. The number of aliphatic imine (C=N–C) groups is 1. The van der Waals surface area contributed by atoms with Crippen LogP contribution in [0.5, 0.6) is 5.75 Å². The summed E-state index contributed by atoms with van der Waals surface area (Å²) in [6.45, 7) is 0. The molecule has 0 aliphatic rings. The molecule has 0 radical (unpaired) electrons. The topological polar surface area (TPSA) is 111 Å². The summed E-state index contributed by atoms with van der Waals surface area (Å²) >= 11 is 0. The lowest BCUT2D eigenvalue weighted by molar-refractivity contribution is 0.471. The van der Waals surface area contributed by atoms with Crippen LogP contribution in [0.3, 0.4) is 0 Å². The van der Waals surface area contributed by atoms with Crippen molar-refractivity contribution in [3.05, 3.63) is 17.9 Å². The molecule has 1 aromatic carbocycles. The molecule has 0 aliphatic heterocycles. The Morgan fingerprint density at radius 1 is 1.38 bits per heavy atom. The van der Waals surface area contributed by atoms with Gasteiger partial charge in [0.1, 0.15) is 17.3 Å². The predicted molar refractivity (Wildman–Crippen MR) is 47.9 cm³/mol. The van der Waals surface area contributed by atoms with Gasteiger partial charge in [-0.1, -0.05) is 0 Å². The van der Waals surface area contributed by atoms with Gasteiger partial charge >= 0.3 is 0 Å². The molecule has 1 rings (SSSR count). The molecule has 0 spiro atoms. The molecule has 5 nitrogen and oxygen atoms in total.